The summed E-state index contributed by atoms with van der Waals surface area (Å²) in [4.78, 5) is 26.8. The van der Waals surface area contributed by atoms with E-state index in [1.54, 1.807) is 0 Å². The maximum Gasteiger partial charge on any atom is 0.230 e. The first-order valence-electron chi connectivity index (χ1n) is 7.99. The van der Waals surface area contributed by atoms with Gasteiger partial charge in [0.2, 0.25) is 11.8 Å². The molecule has 1 heterocycles. The predicted molar refractivity (Wildman–Crippen MR) is 89.2 cm³/mol. The Morgan fingerprint density at radius 2 is 1.70 bits per heavy atom. The minimum absolute atomic E-state index is 0.0537. The smallest absolute Gasteiger partial charge is 0.230 e. The van der Waals surface area contributed by atoms with Gasteiger partial charge in [0.25, 0.3) is 0 Å². The zero-order valence-electron chi connectivity index (χ0n) is 12.7. The van der Waals surface area contributed by atoms with E-state index in [1.165, 1.54) is 5.56 Å². The first-order chi connectivity index (χ1) is 11.2. The van der Waals surface area contributed by atoms with Crippen molar-refractivity contribution in [3.05, 3.63) is 60.2 Å². The Hall–Kier alpha value is -2.62. The summed E-state index contributed by atoms with van der Waals surface area (Å²) in [7, 11) is 0. The molecule has 2 aromatic rings. The number of carbonyl (C=O) groups is 2. The molecule has 2 aliphatic rings. The normalized spacial score (nSPS) is 21.7. The lowest BCUT2D eigenvalue weighted by Crippen LogP contribution is -2.31. The van der Waals surface area contributed by atoms with E-state index in [0.29, 0.717) is 6.42 Å². The fourth-order valence-corrected chi connectivity index (χ4v) is 3.28. The molecule has 2 unspecified atom stereocenters. The molecule has 2 atom stereocenters. The quantitative estimate of drug-likeness (QED) is 0.948. The first-order valence-corrected chi connectivity index (χ1v) is 7.99. The lowest BCUT2D eigenvalue weighted by atomic mass is 10.2. The standard InChI is InChI=1S/C19H18N2O2/c22-18(20-14-7-2-1-3-8-14)15-12-16(15)19(23)21-11-10-13-6-4-5-9-17(13)21/h1-9,15-16H,10-12H2,(H,20,22). The molecule has 4 nitrogen and oxygen atoms in total. The molecule has 1 aliphatic carbocycles. The molecule has 23 heavy (non-hydrogen) atoms. The van der Waals surface area contributed by atoms with Crippen LogP contribution in [0.5, 0.6) is 0 Å². The summed E-state index contributed by atoms with van der Waals surface area (Å²) in [5, 5.41) is 2.89. The van der Waals surface area contributed by atoms with Gasteiger partial charge in [0.15, 0.2) is 0 Å². The fraction of sp³-hybridized carbons (Fsp3) is 0.263. The van der Waals surface area contributed by atoms with Gasteiger partial charge in [-0.1, -0.05) is 36.4 Å². The van der Waals surface area contributed by atoms with Gasteiger partial charge in [0.1, 0.15) is 0 Å². The molecule has 0 radical (unpaired) electrons. The molecule has 1 saturated carbocycles. The molecule has 0 aromatic heterocycles. The van der Waals surface area contributed by atoms with Crippen LogP contribution in [0.2, 0.25) is 0 Å². The van der Waals surface area contributed by atoms with E-state index in [1.807, 2.05) is 53.4 Å². The fourth-order valence-electron chi connectivity index (χ4n) is 3.28. The molecule has 1 N–H and O–H groups in total. The second-order valence-electron chi connectivity index (χ2n) is 6.17. The van der Waals surface area contributed by atoms with Gasteiger partial charge < -0.3 is 10.2 Å². The van der Waals surface area contributed by atoms with Crippen molar-refractivity contribution in [2.45, 2.75) is 12.8 Å². The van der Waals surface area contributed by atoms with Crippen LogP contribution in [0.25, 0.3) is 0 Å². The zero-order valence-corrected chi connectivity index (χ0v) is 12.7. The summed E-state index contributed by atoms with van der Waals surface area (Å²) in [5.41, 5.74) is 3.00. The average molecular weight is 306 g/mol. The van der Waals surface area contributed by atoms with Crippen molar-refractivity contribution in [3.63, 3.8) is 0 Å². The molecular formula is C19H18N2O2. The molecule has 0 spiro atoms. The summed E-state index contributed by atoms with van der Waals surface area (Å²) in [6.45, 7) is 0.724. The third kappa shape index (κ3) is 2.61. The maximum atomic E-state index is 12.7. The van der Waals surface area contributed by atoms with Crippen LogP contribution in [-0.2, 0) is 16.0 Å². The van der Waals surface area contributed by atoms with Crippen LogP contribution >= 0.6 is 0 Å². The minimum atomic E-state index is -0.199. The Bertz CT molecular complexity index is 757. The summed E-state index contributed by atoms with van der Waals surface area (Å²) < 4.78 is 0. The van der Waals surface area contributed by atoms with Crippen LogP contribution in [0.15, 0.2) is 54.6 Å². The van der Waals surface area contributed by atoms with Crippen molar-refractivity contribution < 1.29 is 9.59 Å². The van der Waals surface area contributed by atoms with E-state index >= 15 is 0 Å². The van der Waals surface area contributed by atoms with Crippen LogP contribution in [-0.4, -0.2) is 18.4 Å². The highest BCUT2D eigenvalue weighted by atomic mass is 16.2. The molecule has 0 bridgehead atoms. The van der Waals surface area contributed by atoms with Crippen LogP contribution < -0.4 is 10.2 Å². The lowest BCUT2D eigenvalue weighted by molar-refractivity contribution is -0.123. The average Bonchev–Trinajstić information content (AvgIpc) is 3.27. The van der Waals surface area contributed by atoms with Gasteiger partial charge in [-0.25, -0.2) is 0 Å². The highest BCUT2D eigenvalue weighted by Gasteiger charge is 2.50. The number of para-hydroxylation sites is 2. The second-order valence-corrected chi connectivity index (χ2v) is 6.17. The largest absolute Gasteiger partial charge is 0.326 e. The number of rotatable bonds is 3. The van der Waals surface area contributed by atoms with Gasteiger partial charge >= 0.3 is 0 Å². The molecule has 1 aliphatic heterocycles. The van der Waals surface area contributed by atoms with E-state index in [9.17, 15) is 9.59 Å². The predicted octanol–water partition coefficient (Wildman–Crippen LogP) is 2.85. The van der Waals surface area contributed by atoms with E-state index in [-0.39, 0.29) is 23.7 Å². The maximum absolute atomic E-state index is 12.7. The highest BCUT2D eigenvalue weighted by Crippen LogP contribution is 2.43. The van der Waals surface area contributed by atoms with Gasteiger partial charge in [-0.2, -0.15) is 0 Å². The molecule has 1 fully saturated rings. The van der Waals surface area contributed by atoms with Crippen LogP contribution in [0.4, 0.5) is 11.4 Å². The van der Waals surface area contributed by atoms with Gasteiger partial charge in [-0.3, -0.25) is 9.59 Å². The zero-order chi connectivity index (χ0) is 15.8. The van der Waals surface area contributed by atoms with Gasteiger partial charge in [0.05, 0.1) is 11.8 Å². The lowest BCUT2D eigenvalue weighted by Gasteiger charge is -2.17. The van der Waals surface area contributed by atoms with Gasteiger partial charge in [-0.15, -0.1) is 0 Å². The minimum Gasteiger partial charge on any atom is -0.326 e. The number of hydrogen-bond acceptors (Lipinski definition) is 2. The van der Waals surface area contributed by atoms with Crippen LogP contribution in [0.1, 0.15) is 12.0 Å². The molecule has 2 amide bonds. The number of fused-ring (bicyclic) bond motifs is 1. The van der Waals surface area contributed by atoms with Crippen molar-refractivity contribution in [1.82, 2.24) is 0 Å². The van der Waals surface area contributed by atoms with Gasteiger partial charge in [0, 0.05) is 17.9 Å². The number of benzene rings is 2. The van der Waals surface area contributed by atoms with E-state index < -0.39 is 0 Å². The van der Waals surface area contributed by atoms with E-state index in [2.05, 4.69) is 11.4 Å². The van der Waals surface area contributed by atoms with Crippen molar-refractivity contribution >= 4 is 23.2 Å². The third-order valence-corrected chi connectivity index (χ3v) is 4.64. The second kappa shape index (κ2) is 5.54. The Labute approximate surface area is 135 Å². The topological polar surface area (TPSA) is 49.4 Å². The molecule has 2 aromatic carbocycles. The number of nitrogens with zero attached hydrogens (tertiary/aromatic N) is 1. The summed E-state index contributed by atoms with van der Waals surface area (Å²) in [5.74, 6) is -0.342. The van der Waals surface area contributed by atoms with E-state index in [4.69, 9.17) is 0 Å². The van der Waals surface area contributed by atoms with Crippen molar-refractivity contribution in [2.75, 3.05) is 16.8 Å². The van der Waals surface area contributed by atoms with Crippen molar-refractivity contribution in [1.29, 1.82) is 0 Å². The molecule has 4 heteroatoms. The van der Waals surface area contributed by atoms with Crippen LogP contribution in [0, 0.1) is 11.8 Å². The summed E-state index contributed by atoms with van der Waals surface area (Å²) in [6, 6.07) is 17.4. The number of hydrogen-bond donors (Lipinski definition) is 1. The van der Waals surface area contributed by atoms with Crippen LogP contribution in [0.3, 0.4) is 0 Å². The molecular weight excluding hydrogens is 288 g/mol. The Balaban J connectivity index is 1.41. The molecule has 0 saturated heterocycles. The Morgan fingerprint density at radius 1 is 0.957 bits per heavy atom. The van der Waals surface area contributed by atoms with Crippen molar-refractivity contribution in [3.8, 4) is 0 Å². The summed E-state index contributed by atoms with van der Waals surface area (Å²) in [6.07, 6.45) is 1.55. The highest BCUT2D eigenvalue weighted by molar-refractivity contribution is 6.05. The monoisotopic (exact) mass is 306 g/mol. The summed E-state index contributed by atoms with van der Waals surface area (Å²) >= 11 is 0. The molecule has 116 valence electrons. The SMILES string of the molecule is O=C(Nc1ccccc1)C1CC1C(=O)N1CCc2ccccc21. The number of nitrogens with one attached hydrogen (secondary N) is 1. The van der Waals surface area contributed by atoms with E-state index in [0.717, 1.165) is 24.3 Å². The van der Waals surface area contributed by atoms with Crippen molar-refractivity contribution in [2.24, 2.45) is 11.8 Å². The molecule has 4 rings (SSSR count). The Kier molecular flexibility index (Phi) is 3.37. The van der Waals surface area contributed by atoms with Gasteiger partial charge in [-0.05, 0) is 36.6 Å². The third-order valence-electron chi connectivity index (χ3n) is 4.64. The number of carbonyl (C=O) groups excluding carboxylic acids is 2. The number of amides is 2. The first kappa shape index (κ1) is 14.0. The Morgan fingerprint density at radius 3 is 2.52 bits per heavy atom. The number of anilines is 2.